The normalized spacial score (nSPS) is 11.9. The van der Waals surface area contributed by atoms with Crippen molar-refractivity contribution in [1.82, 2.24) is 4.98 Å². The average molecular weight is 342 g/mol. The Morgan fingerprint density at radius 2 is 2.00 bits per heavy atom. The monoisotopic (exact) mass is 342 g/mol. The summed E-state index contributed by atoms with van der Waals surface area (Å²) in [7, 11) is 0. The van der Waals surface area contributed by atoms with E-state index in [-0.39, 0.29) is 12.3 Å². The Balaban J connectivity index is 1.69. The van der Waals surface area contributed by atoms with Crippen LogP contribution in [0.25, 0.3) is 11.3 Å². The van der Waals surface area contributed by atoms with Crippen molar-refractivity contribution in [1.29, 1.82) is 0 Å². The Kier molecular flexibility index (Phi) is 4.98. The van der Waals surface area contributed by atoms with Gasteiger partial charge in [0, 0.05) is 5.56 Å². The molecule has 0 spiro atoms. The summed E-state index contributed by atoms with van der Waals surface area (Å²) in [4.78, 5) is 16.5. The summed E-state index contributed by atoms with van der Waals surface area (Å²) in [6, 6.07) is 15.1. The zero-order chi connectivity index (χ0) is 16.9. The highest BCUT2D eigenvalue weighted by Crippen LogP contribution is 2.30. The van der Waals surface area contributed by atoms with Crippen LogP contribution in [-0.2, 0) is 4.79 Å². The van der Waals surface area contributed by atoms with Gasteiger partial charge in [-0.1, -0.05) is 42.5 Å². The van der Waals surface area contributed by atoms with E-state index in [0.29, 0.717) is 16.3 Å². The van der Waals surface area contributed by atoms with Crippen molar-refractivity contribution in [2.45, 2.75) is 12.5 Å². The van der Waals surface area contributed by atoms with Crippen molar-refractivity contribution in [3.63, 3.8) is 0 Å². The third-order valence-corrected chi connectivity index (χ3v) is 4.22. The topological polar surface area (TPSA) is 62.2 Å². The van der Waals surface area contributed by atoms with Crippen molar-refractivity contribution < 1.29 is 14.3 Å². The first-order valence-corrected chi connectivity index (χ1v) is 8.24. The van der Waals surface area contributed by atoms with Crippen molar-refractivity contribution in [2.75, 3.05) is 5.32 Å². The Labute approximate surface area is 142 Å². The van der Waals surface area contributed by atoms with E-state index in [2.05, 4.69) is 10.3 Å². The number of halogens is 1. The number of benzene rings is 2. The van der Waals surface area contributed by atoms with Crippen LogP contribution in [0.3, 0.4) is 0 Å². The second-order valence-electron chi connectivity index (χ2n) is 5.22. The molecule has 2 N–H and O–H groups in total. The van der Waals surface area contributed by atoms with Gasteiger partial charge in [-0.15, -0.1) is 11.3 Å². The molecule has 0 aliphatic heterocycles. The van der Waals surface area contributed by atoms with E-state index in [1.165, 1.54) is 29.5 Å². The molecule has 1 aromatic heterocycles. The van der Waals surface area contributed by atoms with Crippen LogP contribution in [0.15, 0.2) is 60.1 Å². The molecular weight excluding hydrogens is 327 g/mol. The summed E-state index contributed by atoms with van der Waals surface area (Å²) in [5, 5.41) is 13.5. The van der Waals surface area contributed by atoms with Crippen LogP contribution in [0.1, 0.15) is 18.1 Å². The summed E-state index contributed by atoms with van der Waals surface area (Å²) in [5.41, 5.74) is 3.62. The fraction of sp³-hybridized carbons (Fsp3) is 0.111. The number of rotatable bonds is 5. The standard InChI is InChI=1S/C18H15FN2O2S/c19-14-8-4-7-13(9-14)15(22)10-16(23)21-18-17(20-11-24-18)12-5-2-1-3-6-12/h1-9,11,15,22H,10H2,(H,21,23). The van der Waals surface area contributed by atoms with Crippen LogP contribution in [-0.4, -0.2) is 16.0 Å². The molecule has 1 atom stereocenters. The Hall–Kier alpha value is -2.57. The van der Waals surface area contributed by atoms with Gasteiger partial charge in [-0.2, -0.15) is 0 Å². The van der Waals surface area contributed by atoms with Crippen molar-refractivity contribution in [3.8, 4) is 11.3 Å². The van der Waals surface area contributed by atoms with Crippen LogP contribution in [0.5, 0.6) is 0 Å². The fourth-order valence-electron chi connectivity index (χ4n) is 2.32. The highest BCUT2D eigenvalue weighted by molar-refractivity contribution is 7.14. The first-order chi connectivity index (χ1) is 11.6. The molecule has 0 saturated carbocycles. The summed E-state index contributed by atoms with van der Waals surface area (Å²) >= 11 is 1.31. The van der Waals surface area contributed by atoms with Gasteiger partial charge in [0.15, 0.2) is 0 Å². The number of amides is 1. The van der Waals surface area contributed by atoms with Gasteiger partial charge >= 0.3 is 0 Å². The lowest BCUT2D eigenvalue weighted by Crippen LogP contribution is -2.15. The van der Waals surface area contributed by atoms with E-state index >= 15 is 0 Å². The van der Waals surface area contributed by atoms with Gasteiger partial charge in [-0.3, -0.25) is 4.79 Å². The number of hydrogen-bond acceptors (Lipinski definition) is 4. The number of anilines is 1. The van der Waals surface area contributed by atoms with Crippen LogP contribution in [0, 0.1) is 5.82 Å². The Morgan fingerprint density at radius 1 is 1.21 bits per heavy atom. The van der Waals surface area contributed by atoms with Crippen LogP contribution in [0.2, 0.25) is 0 Å². The number of aromatic nitrogens is 1. The molecule has 1 heterocycles. The zero-order valence-electron chi connectivity index (χ0n) is 12.6. The van der Waals surface area contributed by atoms with Crippen LogP contribution in [0.4, 0.5) is 9.39 Å². The minimum absolute atomic E-state index is 0.157. The molecule has 0 saturated heterocycles. The van der Waals surface area contributed by atoms with Gasteiger partial charge in [-0.25, -0.2) is 9.37 Å². The number of aliphatic hydroxyl groups excluding tert-OH is 1. The number of carbonyl (C=O) groups is 1. The summed E-state index contributed by atoms with van der Waals surface area (Å²) in [5.74, 6) is -0.797. The van der Waals surface area contributed by atoms with Gasteiger partial charge in [0.1, 0.15) is 16.5 Å². The Morgan fingerprint density at radius 3 is 2.75 bits per heavy atom. The molecule has 2 aromatic carbocycles. The minimum Gasteiger partial charge on any atom is -0.388 e. The molecule has 0 aliphatic rings. The van der Waals surface area contributed by atoms with E-state index in [0.717, 1.165) is 5.56 Å². The van der Waals surface area contributed by atoms with Crippen molar-refractivity contribution in [3.05, 3.63) is 71.5 Å². The largest absolute Gasteiger partial charge is 0.388 e. The maximum absolute atomic E-state index is 13.2. The summed E-state index contributed by atoms with van der Waals surface area (Å²) < 4.78 is 13.2. The van der Waals surface area contributed by atoms with Crippen molar-refractivity contribution >= 4 is 22.2 Å². The van der Waals surface area contributed by atoms with Crippen LogP contribution >= 0.6 is 11.3 Å². The number of hydrogen-bond donors (Lipinski definition) is 2. The molecule has 0 radical (unpaired) electrons. The van der Waals surface area contributed by atoms with Gasteiger partial charge in [0.2, 0.25) is 5.91 Å². The zero-order valence-corrected chi connectivity index (χ0v) is 13.5. The van der Waals surface area contributed by atoms with E-state index in [4.69, 9.17) is 0 Å². The number of thiazole rings is 1. The van der Waals surface area contributed by atoms with Gasteiger partial charge < -0.3 is 10.4 Å². The molecule has 0 fully saturated rings. The lowest BCUT2D eigenvalue weighted by molar-refractivity contribution is -0.118. The van der Waals surface area contributed by atoms with Gasteiger partial charge in [-0.05, 0) is 17.7 Å². The fourth-order valence-corrected chi connectivity index (χ4v) is 3.04. The highest BCUT2D eigenvalue weighted by atomic mass is 32.1. The molecule has 1 amide bonds. The number of aliphatic hydroxyl groups is 1. The van der Waals surface area contributed by atoms with Crippen LogP contribution < -0.4 is 5.32 Å². The maximum Gasteiger partial charge on any atom is 0.227 e. The van der Waals surface area contributed by atoms with Gasteiger partial charge in [0.25, 0.3) is 0 Å². The second kappa shape index (κ2) is 7.33. The molecular formula is C18H15FN2O2S. The molecule has 3 aromatic rings. The highest BCUT2D eigenvalue weighted by Gasteiger charge is 2.16. The molecule has 4 nitrogen and oxygen atoms in total. The molecule has 3 rings (SSSR count). The maximum atomic E-state index is 13.2. The second-order valence-corrected chi connectivity index (χ2v) is 6.07. The average Bonchev–Trinajstić information content (AvgIpc) is 3.03. The molecule has 6 heteroatoms. The third kappa shape index (κ3) is 3.84. The van der Waals surface area contributed by atoms with E-state index in [1.54, 1.807) is 11.6 Å². The lowest BCUT2D eigenvalue weighted by atomic mass is 10.1. The van der Waals surface area contributed by atoms with E-state index < -0.39 is 11.9 Å². The smallest absolute Gasteiger partial charge is 0.227 e. The molecule has 1 unspecified atom stereocenters. The number of nitrogens with one attached hydrogen (secondary N) is 1. The predicted octanol–water partition coefficient (Wildman–Crippen LogP) is 4.01. The number of carbonyl (C=O) groups excluding carboxylic acids is 1. The van der Waals surface area contributed by atoms with E-state index in [9.17, 15) is 14.3 Å². The lowest BCUT2D eigenvalue weighted by Gasteiger charge is -2.11. The SMILES string of the molecule is O=C(CC(O)c1cccc(F)c1)Nc1scnc1-c1ccccc1. The molecule has 24 heavy (non-hydrogen) atoms. The Bertz CT molecular complexity index is 836. The quantitative estimate of drug-likeness (QED) is 0.736. The molecule has 0 bridgehead atoms. The first-order valence-electron chi connectivity index (χ1n) is 7.36. The molecule has 0 aliphatic carbocycles. The van der Waals surface area contributed by atoms with Gasteiger partial charge in [0.05, 0.1) is 18.0 Å². The van der Waals surface area contributed by atoms with Crippen molar-refractivity contribution in [2.24, 2.45) is 0 Å². The first kappa shape index (κ1) is 16.3. The third-order valence-electron chi connectivity index (χ3n) is 3.48. The van der Waals surface area contributed by atoms with E-state index in [1.807, 2.05) is 30.3 Å². The minimum atomic E-state index is -1.06. The molecule has 122 valence electrons. The predicted molar refractivity (Wildman–Crippen MR) is 92.2 cm³/mol. The summed E-state index contributed by atoms with van der Waals surface area (Å²) in [6.45, 7) is 0. The number of nitrogens with zero attached hydrogens (tertiary/aromatic N) is 1. The summed E-state index contributed by atoms with van der Waals surface area (Å²) in [6.07, 6.45) is -1.22.